The monoisotopic (exact) mass is 357 g/mol. The molecule has 1 amide bonds. The van der Waals surface area contributed by atoms with E-state index in [2.05, 4.69) is 20.7 Å². The second-order valence-electron chi connectivity index (χ2n) is 5.52. The number of amides is 1. The van der Waals surface area contributed by atoms with Crippen molar-refractivity contribution in [3.8, 4) is 11.3 Å². The lowest BCUT2D eigenvalue weighted by molar-refractivity contribution is -0.121. The summed E-state index contributed by atoms with van der Waals surface area (Å²) in [5.41, 5.74) is 1.88. The van der Waals surface area contributed by atoms with Gasteiger partial charge in [0.05, 0.1) is 5.69 Å². The largest absolute Gasteiger partial charge is 0.355 e. The summed E-state index contributed by atoms with van der Waals surface area (Å²) in [7, 11) is 0. The number of likely N-dealkylation sites (N-methyl/N-ethyl adjacent to an activating group) is 1. The lowest BCUT2D eigenvalue weighted by Crippen LogP contribution is -2.27. The molecule has 0 unspecified atom stereocenters. The highest BCUT2D eigenvalue weighted by Crippen LogP contribution is 2.25. The Bertz CT molecular complexity index is 911. The van der Waals surface area contributed by atoms with E-state index in [4.69, 9.17) is 0 Å². The number of anilines is 2. The maximum atomic E-state index is 13.4. The van der Waals surface area contributed by atoms with Gasteiger partial charge in [0.15, 0.2) is 17.5 Å². The van der Waals surface area contributed by atoms with E-state index in [1.165, 1.54) is 6.07 Å². The molecule has 8 heteroatoms. The molecule has 0 spiro atoms. The second kappa shape index (κ2) is 7.73. The molecule has 0 saturated heterocycles. The van der Waals surface area contributed by atoms with E-state index in [0.29, 0.717) is 23.7 Å². The number of hydrogen-bond acceptors (Lipinski definition) is 4. The van der Waals surface area contributed by atoms with E-state index in [-0.39, 0.29) is 12.5 Å². The Hall–Kier alpha value is -3.29. The molecule has 0 radical (unpaired) electrons. The molecule has 6 nitrogen and oxygen atoms in total. The van der Waals surface area contributed by atoms with Crippen molar-refractivity contribution in [1.29, 1.82) is 0 Å². The van der Waals surface area contributed by atoms with Crippen LogP contribution >= 0.6 is 0 Å². The van der Waals surface area contributed by atoms with Gasteiger partial charge in [-0.2, -0.15) is 5.10 Å². The van der Waals surface area contributed by atoms with E-state index in [9.17, 15) is 13.6 Å². The highest BCUT2D eigenvalue weighted by atomic mass is 19.2. The van der Waals surface area contributed by atoms with Crippen molar-refractivity contribution in [2.24, 2.45) is 0 Å². The summed E-state index contributed by atoms with van der Waals surface area (Å²) in [6.07, 6.45) is 3.28. The third-order valence-corrected chi connectivity index (χ3v) is 3.62. The van der Waals surface area contributed by atoms with Crippen LogP contribution in [-0.2, 0) is 11.3 Å². The Morgan fingerprint density at radius 3 is 2.58 bits per heavy atom. The third-order valence-electron chi connectivity index (χ3n) is 3.62. The molecule has 0 atom stereocenters. The number of hydrogen-bond donors (Lipinski definition) is 2. The first-order valence-electron chi connectivity index (χ1n) is 8.04. The zero-order chi connectivity index (χ0) is 18.5. The van der Waals surface area contributed by atoms with Crippen LogP contribution in [0.3, 0.4) is 0 Å². The van der Waals surface area contributed by atoms with Gasteiger partial charge in [-0.05, 0) is 31.2 Å². The number of nitrogens with zero attached hydrogens (tertiary/aromatic N) is 3. The molecule has 26 heavy (non-hydrogen) atoms. The standard InChI is InChI=1S/C18H17F2N5O/c1-2-22-18(26)11-25-16(12-5-7-21-8-6-12)10-17(24-25)23-13-3-4-14(19)15(20)9-13/h3-10H,2,11H2,1H3,(H,22,26)(H,23,24). The smallest absolute Gasteiger partial charge is 0.241 e. The van der Waals surface area contributed by atoms with Crippen LogP contribution in [0.4, 0.5) is 20.3 Å². The maximum Gasteiger partial charge on any atom is 0.241 e. The van der Waals surface area contributed by atoms with Crippen LogP contribution in [0, 0.1) is 11.6 Å². The molecule has 0 fully saturated rings. The summed E-state index contributed by atoms with van der Waals surface area (Å²) >= 11 is 0. The normalized spacial score (nSPS) is 10.6. The van der Waals surface area contributed by atoms with Crippen molar-refractivity contribution in [2.45, 2.75) is 13.5 Å². The maximum absolute atomic E-state index is 13.4. The Kier molecular flexibility index (Phi) is 5.21. The summed E-state index contributed by atoms with van der Waals surface area (Å²) in [4.78, 5) is 15.9. The van der Waals surface area contributed by atoms with E-state index in [1.807, 2.05) is 6.92 Å². The van der Waals surface area contributed by atoms with Crippen LogP contribution in [0.5, 0.6) is 0 Å². The van der Waals surface area contributed by atoms with Gasteiger partial charge in [0.25, 0.3) is 0 Å². The SMILES string of the molecule is CCNC(=O)Cn1nc(Nc2ccc(F)c(F)c2)cc1-c1ccncc1. The fourth-order valence-electron chi connectivity index (χ4n) is 2.46. The first-order chi connectivity index (χ1) is 12.6. The number of halogens is 2. The quantitative estimate of drug-likeness (QED) is 0.711. The molecule has 0 aliphatic rings. The molecular formula is C18H17F2N5O. The summed E-state index contributed by atoms with van der Waals surface area (Å²) in [5, 5.41) is 10.0. The molecule has 0 aliphatic carbocycles. The number of aromatic nitrogens is 3. The lowest BCUT2D eigenvalue weighted by atomic mass is 10.2. The molecule has 1 aromatic carbocycles. The van der Waals surface area contributed by atoms with Crippen molar-refractivity contribution in [3.63, 3.8) is 0 Å². The first kappa shape index (κ1) is 17.5. The highest BCUT2D eigenvalue weighted by molar-refractivity contribution is 5.77. The van der Waals surface area contributed by atoms with Gasteiger partial charge in [-0.1, -0.05) is 0 Å². The Morgan fingerprint density at radius 1 is 1.12 bits per heavy atom. The Labute approximate surface area is 148 Å². The molecule has 0 aliphatic heterocycles. The van der Waals surface area contributed by atoms with Crippen LogP contribution in [0.25, 0.3) is 11.3 Å². The summed E-state index contributed by atoms with van der Waals surface area (Å²) < 4.78 is 28.0. The summed E-state index contributed by atoms with van der Waals surface area (Å²) in [5.74, 6) is -1.64. The van der Waals surface area contributed by atoms with Crippen LogP contribution in [0.15, 0.2) is 48.8 Å². The molecule has 3 aromatic rings. The second-order valence-corrected chi connectivity index (χ2v) is 5.52. The minimum Gasteiger partial charge on any atom is -0.355 e. The Morgan fingerprint density at radius 2 is 1.88 bits per heavy atom. The van der Waals surface area contributed by atoms with Crippen molar-refractivity contribution in [3.05, 3.63) is 60.4 Å². The molecule has 134 valence electrons. The topological polar surface area (TPSA) is 71.8 Å². The van der Waals surface area contributed by atoms with Crippen molar-refractivity contribution in [1.82, 2.24) is 20.1 Å². The Balaban J connectivity index is 1.92. The highest BCUT2D eigenvalue weighted by Gasteiger charge is 2.13. The number of benzene rings is 1. The average molecular weight is 357 g/mol. The summed E-state index contributed by atoms with van der Waals surface area (Å²) in [6, 6.07) is 8.82. The number of pyridine rings is 1. The molecule has 2 aromatic heterocycles. The van der Waals surface area contributed by atoms with Gasteiger partial charge >= 0.3 is 0 Å². The van der Waals surface area contributed by atoms with Crippen LogP contribution < -0.4 is 10.6 Å². The average Bonchev–Trinajstić information content (AvgIpc) is 3.01. The molecule has 0 saturated carbocycles. The van der Waals surface area contributed by atoms with Gasteiger partial charge in [-0.3, -0.25) is 14.5 Å². The fraction of sp³-hybridized carbons (Fsp3) is 0.167. The minimum absolute atomic E-state index is 0.0327. The zero-order valence-electron chi connectivity index (χ0n) is 14.0. The predicted molar refractivity (Wildman–Crippen MR) is 93.8 cm³/mol. The molecular weight excluding hydrogens is 340 g/mol. The molecule has 2 heterocycles. The van der Waals surface area contributed by atoms with E-state index in [0.717, 1.165) is 17.7 Å². The molecule has 0 bridgehead atoms. The van der Waals surface area contributed by atoms with Gasteiger partial charge < -0.3 is 10.6 Å². The van der Waals surface area contributed by atoms with Gasteiger partial charge in [-0.25, -0.2) is 8.78 Å². The predicted octanol–water partition coefficient (Wildman–Crippen LogP) is 3.10. The molecule has 2 N–H and O–H groups in total. The van der Waals surface area contributed by atoms with Gasteiger partial charge in [0.1, 0.15) is 6.54 Å². The van der Waals surface area contributed by atoms with Crippen molar-refractivity contribution >= 4 is 17.4 Å². The van der Waals surface area contributed by atoms with Crippen LogP contribution in [0.1, 0.15) is 6.92 Å². The van der Waals surface area contributed by atoms with Gasteiger partial charge in [0.2, 0.25) is 5.91 Å². The molecule has 3 rings (SSSR count). The number of nitrogens with one attached hydrogen (secondary N) is 2. The van der Waals surface area contributed by atoms with Crippen LogP contribution in [0.2, 0.25) is 0 Å². The lowest BCUT2D eigenvalue weighted by Gasteiger charge is -2.07. The summed E-state index contributed by atoms with van der Waals surface area (Å²) in [6.45, 7) is 2.39. The van der Waals surface area contributed by atoms with Crippen molar-refractivity contribution < 1.29 is 13.6 Å². The van der Waals surface area contributed by atoms with Crippen molar-refractivity contribution in [2.75, 3.05) is 11.9 Å². The number of carbonyl (C=O) groups excluding carboxylic acids is 1. The minimum atomic E-state index is -0.953. The fourth-order valence-corrected chi connectivity index (χ4v) is 2.46. The number of rotatable bonds is 6. The van der Waals surface area contributed by atoms with Gasteiger partial charge in [0, 0.05) is 42.3 Å². The van der Waals surface area contributed by atoms with E-state index < -0.39 is 11.6 Å². The van der Waals surface area contributed by atoms with E-state index in [1.54, 1.807) is 35.3 Å². The number of carbonyl (C=O) groups is 1. The first-order valence-corrected chi connectivity index (χ1v) is 8.04. The van der Waals surface area contributed by atoms with Crippen LogP contribution in [-0.4, -0.2) is 27.2 Å². The van der Waals surface area contributed by atoms with E-state index >= 15 is 0 Å². The zero-order valence-corrected chi connectivity index (χ0v) is 14.0. The van der Waals surface area contributed by atoms with Gasteiger partial charge in [-0.15, -0.1) is 0 Å². The third kappa shape index (κ3) is 4.02.